The summed E-state index contributed by atoms with van der Waals surface area (Å²) < 4.78 is 0. The van der Waals surface area contributed by atoms with Gasteiger partial charge in [0.25, 0.3) is 5.91 Å². The van der Waals surface area contributed by atoms with Crippen LogP contribution in [0, 0.1) is 5.41 Å². The van der Waals surface area contributed by atoms with E-state index in [2.05, 4.69) is 34.7 Å². The van der Waals surface area contributed by atoms with Gasteiger partial charge in [0.1, 0.15) is 5.82 Å². The van der Waals surface area contributed by atoms with Gasteiger partial charge >= 0.3 is 0 Å². The quantitative estimate of drug-likeness (QED) is 0.684. The maximum atomic E-state index is 11.3. The summed E-state index contributed by atoms with van der Waals surface area (Å²) in [6, 6.07) is 3.41. The van der Waals surface area contributed by atoms with E-state index in [1.165, 1.54) is 0 Å². The lowest BCUT2D eigenvalue weighted by Crippen LogP contribution is -2.25. The van der Waals surface area contributed by atoms with Crippen molar-refractivity contribution >= 4 is 11.7 Å². The predicted molar refractivity (Wildman–Crippen MR) is 76.0 cm³/mol. The molecule has 4 N–H and O–H groups in total. The highest BCUT2D eigenvalue weighted by molar-refractivity contribution is 5.91. The van der Waals surface area contributed by atoms with E-state index in [0.717, 1.165) is 19.4 Å². The van der Waals surface area contributed by atoms with Crippen LogP contribution in [0.1, 0.15) is 37.2 Å². The molecule has 0 aliphatic heterocycles. The second-order valence-electron chi connectivity index (χ2n) is 5.29. The maximum Gasteiger partial charge on any atom is 0.271 e. The zero-order valence-electron chi connectivity index (χ0n) is 11.9. The molecule has 0 radical (unpaired) electrons. The molecular weight excluding hydrogens is 242 g/mol. The maximum absolute atomic E-state index is 11.3. The van der Waals surface area contributed by atoms with Crippen molar-refractivity contribution in [2.24, 2.45) is 11.1 Å². The first kappa shape index (κ1) is 15.4. The molecule has 6 nitrogen and oxygen atoms in total. The summed E-state index contributed by atoms with van der Waals surface area (Å²) in [4.78, 5) is 11.3. The zero-order chi connectivity index (χ0) is 14.3. The number of aromatic nitrogens is 2. The van der Waals surface area contributed by atoms with E-state index < -0.39 is 0 Å². The van der Waals surface area contributed by atoms with Gasteiger partial charge in [-0.15, -0.1) is 10.2 Å². The third-order valence-corrected chi connectivity index (χ3v) is 2.93. The van der Waals surface area contributed by atoms with Crippen LogP contribution in [0.2, 0.25) is 0 Å². The number of carbonyl (C=O) groups is 1. The molecule has 19 heavy (non-hydrogen) atoms. The lowest BCUT2D eigenvalue weighted by molar-refractivity contribution is 0.0957. The molecule has 0 unspecified atom stereocenters. The molecule has 0 bridgehead atoms. The van der Waals surface area contributed by atoms with Crippen molar-refractivity contribution in [3.05, 3.63) is 17.8 Å². The van der Waals surface area contributed by atoms with Crippen LogP contribution in [-0.2, 0) is 0 Å². The van der Waals surface area contributed by atoms with Gasteiger partial charge in [-0.25, -0.2) is 0 Å². The number of hydrogen-bond acceptors (Lipinski definition) is 5. The molecule has 1 aromatic rings. The Bertz CT molecular complexity index is 402. The summed E-state index contributed by atoms with van der Waals surface area (Å²) in [5.41, 5.74) is 5.99. The molecule has 6 heteroatoms. The minimum atomic E-state index is -0.234. The molecule has 0 aliphatic carbocycles. The molecule has 0 saturated heterocycles. The number of nitrogens with one attached hydrogen (secondary N) is 2. The minimum Gasteiger partial charge on any atom is -0.368 e. The third kappa shape index (κ3) is 5.21. The van der Waals surface area contributed by atoms with Gasteiger partial charge < -0.3 is 16.4 Å². The Morgan fingerprint density at radius 3 is 2.63 bits per heavy atom. The van der Waals surface area contributed by atoms with Crippen LogP contribution in [0.5, 0.6) is 0 Å². The van der Waals surface area contributed by atoms with E-state index >= 15 is 0 Å². The van der Waals surface area contributed by atoms with Crippen molar-refractivity contribution in [2.45, 2.75) is 26.7 Å². The SMILES string of the molecule is CNC(=O)c1ccc(NCC(C)(C)CCCN)nn1. The number of hydrogen-bond donors (Lipinski definition) is 3. The first-order chi connectivity index (χ1) is 8.98. The fourth-order valence-corrected chi connectivity index (χ4v) is 1.67. The molecule has 0 aliphatic rings. The Morgan fingerprint density at radius 2 is 2.11 bits per heavy atom. The smallest absolute Gasteiger partial charge is 0.271 e. The Morgan fingerprint density at radius 1 is 1.37 bits per heavy atom. The van der Waals surface area contributed by atoms with Crippen molar-refractivity contribution < 1.29 is 4.79 Å². The Balaban J connectivity index is 2.52. The van der Waals surface area contributed by atoms with E-state index in [9.17, 15) is 4.79 Å². The monoisotopic (exact) mass is 265 g/mol. The second kappa shape index (κ2) is 7.04. The second-order valence-corrected chi connectivity index (χ2v) is 5.29. The molecule has 0 fully saturated rings. The van der Waals surface area contributed by atoms with E-state index in [1.54, 1.807) is 19.2 Å². The predicted octanol–water partition coefficient (Wildman–Crippen LogP) is 1.01. The number of amides is 1. The molecule has 106 valence electrons. The van der Waals surface area contributed by atoms with Crippen molar-refractivity contribution in [3.63, 3.8) is 0 Å². The van der Waals surface area contributed by atoms with Gasteiger partial charge in [-0.05, 0) is 36.9 Å². The molecule has 0 aromatic carbocycles. The molecule has 0 saturated carbocycles. The molecular formula is C13H23N5O. The normalized spacial score (nSPS) is 11.2. The van der Waals surface area contributed by atoms with E-state index in [1.807, 2.05) is 0 Å². The Kier molecular flexibility index (Phi) is 5.69. The van der Waals surface area contributed by atoms with Crippen molar-refractivity contribution in [1.29, 1.82) is 0 Å². The minimum absolute atomic E-state index is 0.153. The van der Waals surface area contributed by atoms with Crippen molar-refractivity contribution in [3.8, 4) is 0 Å². The van der Waals surface area contributed by atoms with Gasteiger partial charge in [-0.1, -0.05) is 13.8 Å². The summed E-state index contributed by atoms with van der Waals surface area (Å²) in [7, 11) is 1.57. The van der Waals surface area contributed by atoms with Gasteiger partial charge in [-0.3, -0.25) is 4.79 Å². The van der Waals surface area contributed by atoms with Gasteiger partial charge in [0.15, 0.2) is 5.69 Å². The van der Waals surface area contributed by atoms with Gasteiger partial charge in [0, 0.05) is 13.6 Å². The van der Waals surface area contributed by atoms with Gasteiger partial charge in [-0.2, -0.15) is 0 Å². The summed E-state index contributed by atoms with van der Waals surface area (Å²) in [5.74, 6) is 0.441. The number of anilines is 1. The summed E-state index contributed by atoms with van der Waals surface area (Å²) in [6.45, 7) is 5.87. The largest absolute Gasteiger partial charge is 0.368 e. The van der Waals surface area contributed by atoms with E-state index in [4.69, 9.17) is 5.73 Å². The average Bonchev–Trinajstić information content (AvgIpc) is 2.43. The van der Waals surface area contributed by atoms with Crippen LogP contribution in [-0.4, -0.2) is 36.2 Å². The van der Waals surface area contributed by atoms with Crippen LogP contribution in [0.15, 0.2) is 12.1 Å². The number of nitrogens with two attached hydrogens (primary N) is 1. The zero-order valence-corrected chi connectivity index (χ0v) is 11.9. The number of carbonyl (C=O) groups excluding carboxylic acids is 1. The van der Waals surface area contributed by atoms with Crippen LogP contribution in [0.25, 0.3) is 0 Å². The Labute approximate surface area is 114 Å². The molecule has 0 atom stereocenters. The highest BCUT2D eigenvalue weighted by Gasteiger charge is 2.17. The molecule has 1 amide bonds. The van der Waals surface area contributed by atoms with Crippen molar-refractivity contribution in [1.82, 2.24) is 15.5 Å². The fraction of sp³-hybridized carbons (Fsp3) is 0.615. The van der Waals surface area contributed by atoms with E-state index in [-0.39, 0.29) is 11.3 Å². The van der Waals surface area contributed by atoms with Crippen LogP contribution >= 0.6 is 0 Å². The summed E-state index contributed by atoms with van der Waals surface area (Å²) in [6.07, 6.45) is 2.07. The summed E-state index contributed by atoms with van der Waals surface area (Å²) >= 11 is 0. The average molecular weight is 265 g/mol. The lowest BCUT2D eigenvalue weighted by atomic mass is 9.88. The van der Waals surface area contributed by atoms with Crippen LogP contribution in [0.3, 0.4) is 0 Å². The van der Waals surface area contributed by atoms with Crippen molar-refractivity contribution in [2.75, 3.05) is 25.5 Å². The highest BCUT2D eigenvalue weighted by Crippen LogP contribution is 2.22. The van der Waals surface area contributed by atoms with Gasteiger partial charge in [0.2, 0.25) is 0 Å². The topological polar surface area (TPSA) is 92.9 Å². The third-order valence-electron chi connectivity index (χ3n) is 2.93. The molecule has 0 spiro atoms. The Hall–Kier alpha value is -1.69. The number of rotatable bonds is 7. The fourth-order valence-electron chi connectivity index (χ4n) is 1.67. The summed E-state index contributed by atoms with van der Waals surface area (Å²) in [5, 5.41) is 13.6. The standard InChI is InChI=1S/C13H23N5O/c1-13(2,7-4-8-14)9-16-11-6-5-10(17-18-11)12(19)15-3/h5-6H,4,7-9,14H2,1-3H3,(H,15,19)(H,16,18). The first-order valence-electron chi connectivity index (χ1n) is 6.48. The number of nitrogens with zero attached hydrogens (tertiary/aromatic N) is 2. The van der Waals surface area contributed by atoms with Crippen LogP contribution in [0.4, 0.5) is 5.82 Å². The van der Waals surface area contributed by atoms with Crippen LogP contribution < -0.4 is 16.4 Å². The molecule has 1 heterocycles. The van der Waals surface area contributed by atoms with E-state index in [0.29, 0.717) is 18.1 Å². The highest BCUT2D eigenvalue weighted by atomic mass is 16.1. The van der Waals surface area contributed by atoms with Gasteiger partial charge in [0.05, 0.1) is 0 Å². The molecule has 1 aromatic heterocycles. The first-order valence-corrected chi connectivity index (χ1v) is 6.48. The molecule has 1 rings (SSSR count). The lowest BCUT2D eigenvalue weighted by Gasteiger charge is -2.24.